The molecule has 1 nitrogen and oxygen atoms in total. The lowest BCUT2D eigenvalue weighted by molar-refractivity contribution is 0.226. The van der Waals surface area contributed by atoms with Gasteiger partial charge in [-0.25, -0.2) is 0 Å². The van der Waals surface area contributed by atoms with E-state index >= 15 is 0 Å². The van der Waals surface area contributed by atoms with Gasteiger partial charge in [0.15, 0.2) is 0 Å². The Morgan fingerprint density at radius 3 is 2.75 bits per heavy atom. The van der Waals surface area contributed by atoms with Crippen LogP contribution in [-0.2, 0) is 0 Å². The van der Waals surface area contributed by atoms with Crippen LogP contribution in [0.25, 0.3) is 0 Å². The van der Waals surface area contributed by atoms with Gasteiger partial charge in [0.25, 0.3) is 0 Å². The van der Waals surface area contributed by atoms with E-state index < -0.39 is 0 Å². The van der Waals surface area contributed by atoms with Crippen molar-refractivity contribution in [3.05, 3.63) is 0 Å². The summed E-state index contributed by atoms with van der Waals surface area (Å²) in [6.07, 6.45) is 5.90. The van der Waals surface area contributed by atoms with Gasteiger partial charge in [0.05, 0.1) is 0 Å². The third-order valence-electron chi connectivity index (χ3n) is 3.97. The van der Waals surface area contributed by atoms with E-state index in [-0.39, 0.29) is 0 Å². The van der Waals surface area contributed by atoms with E-state index in [0.29, 0.717) is 0 Å². The van der Waals surface area contributed by atoms with Gasteiger partial charge in [-0.1, -0.05) is 20.3 Å². The summed E-state index contributed by atoms with van der Waals surface area (Å²) in [6.45, 7) is 7.34. The number of fused-ring (bicyclic) bond motifs is 1. The molecule has 1 aliphatic heterocycles. The predicted octanol–water partition coefficient (Wildman–Crippen LogP) is 2.52. The maximum atomic E-state index is 2.70. The number of hydrogen-bond donors (Lipinski definition) is 0. The fourth-order valence-corrected chi connectivity index (χ4v) is 3.43. The second-order valence-electron chi connectivity index (χ2n) is 4.42. The molecule has 3 atom stereocenters. The Kier molecular flexibility index (Phi) is 2.40. The van der Waals surface area contributed by atoms with Crippen LogP contribution in [0.4, 0.5) is 0 Å². The highest BCUT2D eigenvalue weighted by molar-refractivity contribution is 4.95. The number of nitrogens with zero attached hydrogens (tertiary/aromatic N) is 1. The van der Waals surface area contributed by atoms with Crippen LogP contribution in [0.2, 0.25) is 0 Å². The highest BCUT2D eigenvalue weighted by Gasteiger charge is 2.41. The molecular formula is C11H21N. The molecule has 2 fully saturated rings. The molecular weight excluding hydrogens is 146 g/mol. The lowest BCUT2D eigenvalue weighted by Gasteiger charge is -2.25. The molecule has 0 amide bonds. The Labute approximate surface area is 76.1 Å². The average Bonchev–Trinajstić information content (AvgIpc) is 2.61. The van der Waals surface area contributed by atoms with Crippen molar-refractivity contribution in [2.75, 3.05) is 13.1 Å². The summed E-state index contributed by atoms with van der Waals surface area (Å²) < 4.78 is 0. The monoisotopic (exact) mass is 167 g/mol. The molecule has 0 bridgehead atoms. The first kappa shape index (κ1) is 8.55. The largest absolute Gasteiger partial charge is 0.300 e. The fourth-order valence-electron chi connectivity index (χ4n) is 3.43. The van der Waals surface area contributed by atoms with E-state index in [1.807, 2.05) is 0 Å². The average molecular weight is 167 g/mol. The van der Waals surface area contributed by atoms with Crippen LogP contribution in [0.3, 0.4) is 0 Å². The minimum atomic E-state index is 0.933. The highest BCUT2D eigenvalue weighted by Crippen LogP contribution is 2.42. The Hall–Kier alpha value is -0.0400. The third-order valence-corrected chi connectivity index (χ3v) is 3.97. The predicted molar refractivity (Wildman–Crippen MR) is 52.2 cm³/mol. The summed E-state index contributed by atoms with van der Waals surface area (Å²) in [5, 5.41) is 0. The van der Waals surface area contributed by atoms with Crippen LogP contribution in [0, 0.1) is 11.8 Å². The standard InChI is InChI=1S/C11H21N/c1-3-11-10-7-5-6-9(10)8-12(11)4-2/h9-11H,3-8H2,1-2H3/t9?,10?,11-/m1/s1. The minimum absolute atomic E-state index is 0.933. The van der Waals surface area contributed by atoms with E-state index in [2.05, 4.69) is 18.7 Å². The van der Waals surface area contributed by atoms with Gasteiger partial charge in [0.2, 0.25) is 0 Å². The van der Waals surface area contributed by atoms with Gasteiger partial charge in [-0.05, 0) is 37.6 Å². The summed E-state index contributed by atoms with van der Waals surface area (Å²) >= 11 is 0. The summed E-state index contributed by atoms with van der Waals surface area (Å²) in [4.78, 5) is 2.70. The molecule has 1 heteroatoms. The van der Waals surface area contributed by atoms with Crippen molar-refractivity contribution in [3.8, 4) is 0 Å². The van der Waals surface area contributed by atoms with Crippen molar-refractivity contribution in [2.45, 2.75) is 45.6 Å². The highest BCUT2D eigenvalue weighted by atomic mass is 15.2. The van der Waals surface area contributed by atoms with E-state index in [1.165, 1.54) is 38.8 Å². The molecule has 0 radical (unpaired) electrons. The minimum Gasteiger partial charge on any atom is -0.300 e. The fraction of sp³-hybridized carbons (Fsp3) is 1.00. The lowest BCUT2D eigenvalue weighted by atomic mass is 9.93. The molecule has 12 heavy (non-hydrogen) atoms. The molecule has 0 aromatic carbocycles. The molecule has 1 saturated carbocycles. The van der Waals surface area contributed by atoms with E-state index in [4.69, 9.17) is 0 Å². The maximum Gasteiger partial charge on any atom is 0.0124 e. The van der Waals surface area contributed by atoms with Crippen molar-refractivity contribution in [3.63, 3.8) is 0 Å². The first-order valence-electron chi connectivity index (χ1n) is 5.60. The number of rotatable bonds is 2. The summed E-state index contributed by atoms with van der Waals surface area (Å²) in [7, 11) is 0. The first-order chi connectivity index (χ1) is 5.86. The summed E-state index contributed by atoms with van der Waals surface area (Å²) in [5.41, 5.74) is 0. The molecule has 2 unspecified atom stereocenters. The molecule has 2 rings (SSSR count). The zero-order valence-corrected chi connectivity index (χ0v) is 8.42. The SMILES string of the molecule is CC[C@@H]1C2CCCC2CN1CC. The quantitative estimate of drug-likeness (QED) is 0.611. The topological polar surface area (TPSA) is 3.24 Å². The molecule has 2 aliphatic rings. The smallest absolute Gasteiger partial charge is 0.0124 e. The molecule has 0 spiro atoms. The van der Waals surface area contributed by atoms with Crippen molar-refractivity contribution >= 4 is 0 Å². The molecule has 0 aromatic rings. The summed E-state index contributed by atoms with van der Waals surface area (Å²) in [5.74, 6) is 2.13. The second kappa shape index (κ2) is 3.37. The third kappa shape index (κ3) is 1.19. The van der Waals surface area contributed by atoms with Crippen molar-refractivity contribution in [1.82, 2.24) is 4.90 Å². The van der Waals surface area contributed by atoms with Gasteiger partial charge < -0.3 is 4.90 Å². The lowest BCUT2D eigenvalue weighted by Crippen LogP contribution is -2.31. The van der Waals surface area contributed by atoms with Gasteiger partial charge in [-0.3, -0.25) is 0 Å². The van der Waals surface area contributed by atoms with Crippen LogP contribution in [0.1, 0.15) is 39.5 Å². The van der Waals surface area contributed by atoms with Crippen LogP contribution >= 0.6 is 0 Å². The number of likely N-dealkylation sites (tertiary alicyclic amines) is 1. The Bertz CT molecular complexity index is 155. The molecule has 1 heterocycles. The van der Waals surface area contributed by atoms with E-state index in [0.717, 1.165) is 17.9 Å². The van der Waals surface area contributed by atoms with Gasteiger partial charge in [0.1, 0.15) is 0 Å². The molecule has 0 aromatic heterocycles. The first-order valence-corrected chi connectivity index (χ1v) is 5.60. The van der Waals surface area contributed by atoms with Crippen LogP contribution in [-0.4, -0.2) is 24.0 Å². The Morgan fingerprint density at radius 2 is 2.08 bits per heavy atom. The van der Waals surface area contributed by atoms with Gasteiger partial charge >= 0.3 is 0 Å². The molecule has 1 aliphatic carbocycles. The maximum absolute atomic E-state index is 2.70. The van der Waals surface area contributed by atoms with Crippen molar-refractivity contribution < 1.29 is 0 Å². The number of hydrogen-bond acceptors (Lipinski definition) is 1. The zero-order chi connectivity index (χ0) is 8.55. The molecule has 1 saturated heterocycles. The van der Waals surface area contributed by atoms with Gasteiger partial charge in [-0.2, -0.15) is 0 Å². The van der Waals surface area contributed by atoms with E-state index in [1.54, 1.807) is 0 Å². The zero-order valence-electron chi connectivity index (χ0n) is 8.42. The van der Waals surface area contributed by atoms with Crippen molar-refractivity contribution in [2.24, 2.45) is 11.8 Å². The van der Waals surface area contributed by atoms with E-state index in [9.17, 15) is 0 Å². The Morgan fingerprint density at radius 1 is 1.25 bits per heavy atom. The molecule has 70 valence electrons. The van der Waals surface area contributed by atoms with Gasteiger partial charge in [-0.15, -0.1) is 0 Å². The second-order valence-corrected chi connectivity index (χ2v) is 4.42. The summed E-state index contributed by atoms with van der Waals surface area (Å²) in [6, 6.07) is 0.933. The van der Waals surface area contributed by atoms with Crippen LogP contribution in [0.5, 0.6) is 0 Å². The normalized spacial score (nSPS) is 42.0. The Balaban J connectivity index is 2.05. The van der Waals surface area contributed by atoms with Crippen molar-refractivity contribution in [1.29, 1.82) is 0 Å². The molecule has 0 N–H and O–H groups in total. The van der Waals surface area contributed by atoms with Crippen LogP contribution in [0.15, 0.2) is 0 Å². The van der Waals surface area contributed by atoms with Gasteiger partial charge in [0, 0.05) is 12.6 Å². The van der Waals surface area contributed by atoms with Crippen LogP contribution < -0.4 is 0 Å².